The monoisotopic (exact) mass is 667 g/mol. The molecule has 6 rings (SSSR count). The lowest BCUT2D eigenvalue weighted by Gasteiger charge is -2.35. The Hall–Kier alpha value is -4.42. The van der Waals surface area contributed by atoms with Gasteiger partial charge in [-0.15, -0.1) is 0 Å². The molecule has 4 amide bonds. The van der Waals surface area contributed by atoms with Gasteiger partial charge in [0, 0.05) is 25.7 Å². The maximum absolute atomic E-state index is 12.7. The topological polar surface area (TPSA) is 91.0 Å². The molecule has 3 aliphatic heterocycles. The molecule has 0 saturated carbocycles. The molecule has 0 aromatic heterocycles. The van der Waals surface area contributed by atoms with Crippen LogP contribution in [0, 0.1) is 0 Å². The largest absolute Gasteiger partial charge is 0.444 e. The van der Waals surface area contributed by atoms with E-state index in [4.69, 9.17) is 4.74 Å². The zero-order valence-corrected chi connectivity index (χ0v) is 29.5. The van der Waals surface area contributed by atoms with Gasteiger partial charge in [0.15, 0.2) is 0 Å². The fourth-order valence-corrected chi connectivity index (χ4v) is 10.4. The molecular formula is C39H48N4O4P+. The molecule has 48 heavy (non-hydrogen) atoms. The van der Waals surface area contributed by atoms with Crippen molar-refractivity contribution in [2.45, 2.75) is 71.2 Å². The second kappa shape index (κ2) is 15.2. The third-order valence-corrected chi connectivity index (χ3v) is 12.9. The van der Waals surface area contributed by atoms with E-state index in [1.807, 2.05) is 33.8 Å². The van der Waals surface area contributed by atoms with Gasteiger partial charge >= 0.3 is 12.1 Å². The highest BCUT2D eigenvalue weighted by atomic mass is 31.2. The average Bonchev–Trinajstić information content (AvgIpc) is 3.37. The molecule has 8 nitrogen and oxygen atoms in total. The molecule has 2 fully saturated rings. The van der Waals surface area contributed by atoms with Crippen molar-refractivity contribution in [3.8, 4) is 0 Å². The van der Waals surface area contributed by atoms with Crippen LogP contribution in [0.4, 0.5) is 9.59 Å². The third-order valence-electron chi connectivity index (χ3n) is 8.77. The van der Waals surface area contributed by atoms with E-state index in [9.17, 15) is 14.4 Å². The van der Waals surface area contributed by atoms with E-state index in [-0.39, 0.29) is 30.1 Å². The summed E-state index contributed by atoms with van der Waals surface area (Å²) in [4.78, 5) is 40.1. The number of benzene rings is 3. The number of carbonyl (C=O) groups excluding carboxylic acids is 3. The first-order chi connectivity index (χ1) is 23.0. The Morgan fingerprint density at radius 1 is 0.875 bits per heavy atom. The van der Waals surface area contributed by atoms with Gasteiger partial charge in [-0.3, -0.25) is 4.79 Å². The van der Waals surface area contributed by atoms with Crippen LogP contribution in [0.2, 0.25) is 0 Å². The van der Waals surface area contributed by atoms with Crippen molar-refractivity contribution in [2.24, 2.45) is 0 Å². The first-order valence-corrected chi connectivity index (χ1v) is 18.6. The quantitative estimate of drug-likeness (QED) is 0.259. The molecule has 2 saturated heterocycles. The molecule has 9 heteroatoms. The van der Waals surface area contributed by atoms with Crippen LogP contribution in [0.15, 0.2) is 115 Å². The highest BCUT2D eigenvalue weighted by Crippen LogP contribution is 2.56. The smallest absolute Gasteiger partial charge is 0.410 e. The van der Waals surface area contributed by atoms with E-state index in [1.54, 1.807) is 9.80 Å². The minimum Gasteiger partial charge on any atom is -0.444 e. The second-order valence-corrected chi connectivity index (χ2v) is 16.8. The van der Waals surface area contributed by atoms with Gasteiger partial charge in [-0.25, -0.2) is 9.59 Å². The van der Waals surface area contributed by atoms with Crippen LogP contribution in [-0.2, 0) is 9.53 Å². The molecule has 0 spiro atoms. The summed E-state index contributed by atoms with van der Waals surface area (Å²) in [5.74, 6) is 2.26. The zero-order valence-electron chi connectivity index (χ0n) is 28.6. The number of rotatable bonds is 6. The van der Waals surface area contributed by atoms with Gasteiger partial charge in [-0.1, -0.05) is 66.7 Å². The van der Waals surface area contributed by atoms with E-state index >= 15 is 0 Å². The van der Waals surface area contributed by atoms with Crippen molar-refractivity contribution >= 4 is 41.2 Å². The molecule has 0 radical (unpaired) electrons. The summed E-state index contributed by atoms with van der Waals surface area (Å²) in [6, 6.07) is 31.9. The number of piperidine rings is 1. The molecule has 0 aliphatic carbocycles. The minimum absolute atomic E-state index is 0.00243. The second-order valence-electron chi connectivity index (χ2n) is 13.5. The van der Waals surface area contributed by atoms with E-state index in [2.05, 4.69) is 120 Å². The third kappa shape index (κ3) is 7.99. The molecular weight excluding hydrogens is 619 g/mol. The molecule has 3 aliphatic rings. The van der Waals surface area contributed by atoms with Crippen LogP contribution in [0.3, 0.4) is 0 Å². The lowest BCUT2D eigenvalue weighted by atomic mass is 9.98. The van der Waals surface area contributed by atoms with Crippen LogP contribution < -0.4 is 26.5 Å². The number of hydrogen-bond acceptors (Lipinski definition) is 4. The van der Waals surface area contributed by atoms with Gasteiger partial charge in [0.1, 0.15) is 34.8 Å². The Morgan fingerprint density at radius 3 is 1.83 bits per heavy atom. The van der Waals surface area contributed by atoms with Crippen LogP contribution in [0.5, 0.6) is 0 Å². The highest BCUT2D eigenvalue weighted by Gasteiger charge is 2.43. The normalized spacial score (nSPS) is 19.6. The van der Waals surface area contributed by atoms with Crippen molar-refractivity contribution < 1.29 is 19.1 Å². The van der Waals surface area contributed by atoms with Gasteiger partial charge in [0.2, 0.25) is 5.91 Å². The van der Waals surface area contributed by atoms with Gasteiger partial charge in [0.25, 0.3) is 0 Å². The fourth-order valence-electron chi connectivity index (χ4n) is 6.63. The molecule has 2 atom stereocenters. The number of amides is 4. The first kappa shape index (κ1) is 34.9. The highest BCUT2D eigenvalue weighted by molar-refractivity contribution is 7.98. The van der Waals surface area contributed by atoms with Gasteiger partial charge in [0.05, 0.1) is 11.9 Å². The van der Waals surface area contributed by atoms with Gasteiger partial charge in [-0.05, 0) is 89.4 Å². The number of ether oxygens (including phenoxy) is 1. The van der Waals surface area contributed by atoms with Gasteiger partial charge < -0.3 is 25.2 Å². The summed E-state index contributed by atoms with van der Waals surface area (Å²) in [6.07, 6.45) is 5.19. The number of nitrogens with zero attached hydrogens (tertiary/aromatic N) is 2. The number of carbonyl (C=O) groups is 3. The maximum Gasteiger partial charge on any atom is 0.410 e. The predicted octanol–water partition coefficient (Wildman–Crippen LogP) is 5.74. The van der Waals surface area contributed by atoms with E-state index in [1.165, 1.54) is 15.9 Å². The number of fused-ring (bicyclic) bond motifs is 2. The SMILES string of the molecule is CC1=C[C@@H]2CN(C(=O)N2)[C@@H]1C(=O)NC1CCN(C(=O)OC(C)(C)C)CC1.CC=C[P+](c1ccccc1)(c1ccccc1)c1ccccc1. The van der Waals surface area contributed by atoms with Crippen molar-refractivity contribution in [3.05, 3.63) is 115 Å². The molecule has 0 unspecified atom stereocenters. The number of nitrogens with one attached hydrogen (secondary N) is 2. The predicted molar refractivity (Wildman–Crippen MR) is 196 cm³/mol. The van der Waals surface area contributed by atoms with E-state index in [0.29, 0.717) is 32.5 Å². The summed E-state index contributed by atoms with van der Waals surface area (Å²) >= 11 is 0. The van der Waals surface area contributed by atoms with Crippen LogP contribution in [0.1, 0.15) is 47.5 Å². The molecule has 2 N–H and O–H groups in total. The Balaban J connectivity index is 0.000000190. The number of likely N-dealkylation sites (tertiary alicyclic amines) is 1. The Morgan fingerprint density at radius 2 is 1.38 bits per heavy atom. The molecule has 3 aromatic carbocycles. The van der Waals surface area contributed by atoms with Crippen LogP contribution in [-0.4, -0.2) is 71.2 Å². The molecule has 252 valence electrons. The van der Waals surface area contributed by atoms with Crippen LogP contribution >= 0.6 is 7.26 Å². The first-order valence-electron chi connectivity index (χ1n) is 16.7. The minimum atomic E-state index is -1.73. The molecule has 3 heterocycles. The summed E-state index contributed by atoms with van der Waals surface area (Å²) in [5.41, 5.74) is 0.379. The van der Waals surface area contributed by atoms with Crippen molar-refractivity contribution in [2.75, 3.05) is 19.6 Å². The number of urea groups is 1. The number of allylic oxidation sites excluding steroid dienone is 1. The Bertz CT molecular complexity index is 1520. The average molecular weight is 668 g/mol. The summed E-state index contributed by atoms with van der Waals surface area (Å²) in [6.45, 7) is 11.2. The Kier molecular flexibility index (Phi) is 11.1. The Labute approximate surface area is 285 Å². The van der Waals surface area contributed by atoms with E-state index < -0.39 is 18.9 Å². The fraction of sp³-hybridized carbons (Fsp3) is 0.359. The summed E-state index contributed by atoms with van der Waals surface area (Å²) in [5, 5.41) is 10.1. The van der Waals surface area contributed by atoms with E-state index in [0.717, 1.165) is 5.57 Å². The van der Waals surface area contributed by atoms with Crippen molar-refractivity contribution in [1.82, 2.24) is 20.4 Å². The molecule has 2 bridgehead atoms. The van der Waals surface area contributed by atoms with Crippen molar-refractivity contribution in [1.29, 1.82) is 0 Å². The van der Waals surface area contributed by atoms with Crippen LogP contribution in [0.25, 0.3) is 0 Å². The zero-order chi connectivity index (χ0) is 34.3. The van der Waals surface area contributed by atoms with Gasteiger partial charge in [-0.2, -0.15) is 0 Å². The molecule has 3 aromatic rings. The standard InChI is InChI=1S/C21H20P.C18H28N4O4/c1-2-18-22(19-12-6-3-7-13-19,20-14-8-4-9-15-20)21-16-10-5-11-17-21;1-11-9-13-10-22(16(24)20-13)14(11)15(23)19-12-5-7-21(8-6-12)17(25)26-18(2,3)4/h2-18H,1H3;9,12-14H,5-8,10H2,1-4H3,(H,19,23)(H,20,24)/q+1;/t;13-,14+/m.1/s1. The maximum atomic E-state index is 12.7. The van der Waals surface area contributed by atoms with Crippen molar-refractivity contribution in [3.63, 3.8) is 0 Å². The lowest BCUT2D eigenvalue weighted by molar-refractivity contribution is -0.125. The summed E-state index contributed by atoms with van der Waals surface area (Å²) < 4.78 is 5.39. The number of hydrogen-bond donors (Lipinski definition) is 2. The summed E-state index contributed by atoms with van der Waals surface area (Å²) in [7, 11) is -1.73. The lowest BCUT2D eigenvalue weighted by Crippen LogP contribution is -2.54.